The van der Waals surface area contributed by atoms with E-state index in [0.29, 0.717) is 5.92 Å². The lowest BCUT2D eigenvalue weighted by molar-refractivity contribution is -0.139. The topological polar surface area (TPSA) is 37.3 Å². The van der Waals surface area contributed by atoms with E-state index in [4.69, 9.17) is 5.11 Å². The molecule has 0 aliphatic heterocycles. The number of aliphatic carboxylic acids is 1. The summed E-state index contributed by atoms with van der Waals surface area (Å²) in [7, 11) is 0. The Kier molecular flexibility index (Phi) is 1.39. The van der Waals surface area contributed by atoms with Crippen LogP contribution in [-0.2, 0) is 4.79 Å². The first-order valence-electron chi connectivity index (χ1n) is 4.44. The number of allylic oxidation sites excluding steroid dienone is 2. The molecule has 0 spiro atoms. The Bertz CT molecular complexity index is 267. The highest BCUT2D eigenvalue weighted by Crippen LogP contribution is 2.65. The van der Waals surface area contributed by atoms with Gasteiger partial charge in [0.25, 0.3) is 0 Å². The average molecular weight is 166 g/mol. The van der Waals surface area contributed by atoms with E-state index in [1.54, 1.807) is 0 Å². The largest absolute Gasteiger partial charge is 0.481 e. The second-order valence-corrected chi connectivity index (χ2v) is 4.39. The van der Waals surface area contributed by atoms with Gasteiger partial charge in [-0.15, -0.1) is 0 Å². The molecule has 0 aromatic rings. The van der Waals surface area contributed by atoms with E-state index in [1.165, 1.54) is 5.57 Å². The molecule has 0 radical (unpaired) electrons. The van der Waals surface area contributed by atoms with E-state index in [2.05, 4.69) is 19.9 Å². The molecule has 12 heavy (non-hydrogen) atoms. The van der Waals surface area contributed by atoms with E-state index in [0.717, 1.165) is 12.8 Å². The molecule has 0 aromatic heterocycles. The minimum Gasteiger partial charge on any atom is -0.481 e. The van der Waals surface area contributed by atoms with Crippen molar-refractivity contribution in [3.8, 4) is 0 Å². The molecule has 1 fully saturated rings. The minimum absolute atomic E-state index is 0.0776. The molecule has 1 saturated carbocycles. The lowest BCUT2D eigenvalue weighted by atomic mass is 9.91. The molecule has 2 nitrogen and oxygen atoms in total. The summed E-state index contributed by atoms with van der Waals surface area (Å²) < 4.78 is 0. The van der Waals surface area contributed by atoms with Crippen molar-refractivity contribution in [2.75, 3.05) is 0 Å². The SMILES string of the molecule is CC1=CC[C@@]2(C)[C@@H](C1)[C@@H]2C(=O)O. The summed E-state index contributed by atoms with van der Waals surface area (Å²) in [5.41, 5.74) is 1.45. The maximum absolute atomic E-state index is 10.8. The number of carbonyl (C=O) groups is 1. The summed E-state index contributed by atoms with van der Waals surface area (Å²) in [6.07, 6.45) is 4.15. The fraction of sp³-hybridized carbons (Fsp3) is 0.700. The Morgan fingerprint density at radius 1 is 1.75 bits per heavy atom. The first kappa shape index (κ1) is 7.84. The smallest absolute Gasteiger partial charge is 0.307 e. The first-order valence-corrected chi connectivity index (χ1v) is 4.44. The second-order valence-electron chi connectivity index (χ2n) is 4.39. The summed E-state index contributed by atoms with van der Waals surface area (Å²) in [5.74, 6) is -0.267. The molecule has 0 aromatic carbocycles. The van der Waals surface area contributed by atoms with Crippen molar-refractivity contribution in [3.63, 3.8) is 0 Å². The molecule has 3 atom stereocenters. The monoisotopic (exact) mass is 166 g/mol. The Balaban J connectivity index is 2.18. The zero-order valence-electron chi connectivity index (χ0n) is 7.50. The summed E-state index contributed by atoms with van der Waals surface area (Å²) in [4.78, 5) is 10.8. The van der Waals surface area contributed by atoms with E-state index in [-0.39, 0.29) is 11.3 Å². The maximum Gasteiger partial charge on any atom is 0.307 e. The van der Waals surface area contributed by atoms with Gasteiger partial charge in [0, 0.05) is 0 Å². The van der Waals surface area contributed by atoms with Gasteiger partial charge in [0.2, 0.25) is 0 Å². The Labute approximate surface area is 72.3 Å². The number of carboxylic acids is 1. The molecule has 2 aliphatic carbocycles. The molecule has 0 bridgehead atoms. The van der Waals surface area contributed by atoms with Gasteiger partial charge in [-0.3, -0.25) is 4.79 Å². The van der Waals surface area contributed by atoms with Crippen LogP contribution in [0.1, 0.15) is 26.7 Å². The Morgan fingerprint density at radius 2 is 2.42 bits per heavy atom. The fourth-order valence-electron chi connectivity index (χ4n) is 2.57. The quantitative estimate of drug-likeness (QED) is 0.605. The molecule has 0 amide bonds. The predicted octanol–water partition coefficient (Wildman–Crippen LogP) is 2.06. The van der Waals surface area contributed by atoms with E-state index >= 15 is 0 Å². The van der Waals surface area contributed by atoms with Crippen LogP contribution in [0.4, 0.5) is 0 Å². The third-order valence-corrected chi connectivity index (χ3v) is 3.55. The van der Waals surface area contributed by atoms with Crippen molar-refractivity contribution in [3.05, 3.63) is 11.6 Å². The van der Waals surface area contributed by atoms with E-state index in [1.807, 2.05) is 0 Å². The van der Waals surface area contributed by atoms with Gasteiger partial charge in [-0.25, -0.2) is 0 Å². The lowest BCUT2D eigenvalue weighted by Gasteiger charge is -2.14. The molecule has 2 rings (SSSR count). The molecule has 0 unspecified atom stereocenters. The van der Waals surface area contributed by atoms with Gasteiger partial charge in [-0.2, -0.15) is 0 Å². The van der Waals surface area contributed by atoms with Crippen LogP contribution in [0.3, 0.4) is 0 Å². The average Bonchev–Trinajstić information content (AvgIpc) is 2.55. The van der Waals surface area contributed by atoms with Crippen LogP contribution < -0.4 is 0 Å². The zero-order valence-corrected chi connectivity index (χ0v) is 7.50. The van der Waals surface area contributed by atoms with E-state index in [9.17, 15) is 4.79 Å². The van der Waals surface area contributed by atoms with Gasteiger partial charge in [0.15, 0.2) is 0 Å². The van der Waals surface area contributed by atoms with Gasteiger partial charge in [0.05, 0.1) is 5.92 Å². The van der Waals surface area contributed by atoms with Crippen molar-refractivity contribution in [2.24, 2.45) is 17.3 Å². The van der Waals surface area contributed by atoms with Crippen molar-refractivity contribution in [2.45, 2.75) is 26.7 Å². The minimum atomic E-state index is -0.606. The van der Waals surface area contributed by atoms with Crippen LogP contribution in [0.25, 0.3) is 0 Å². The first-order chi connectivity index (χ1) is 5.55. The molecule has 0 saturated heterocycles. The van der Waals surface area contributed by atoms with Gasteiger partial charge < -0.3 is 5.11 Å². The highest BCUT2D eigenvalue weighted by molar-refractivity contribution is 5.76. The number of hydrogen-bond donors (Lipinski definition) is 1. The molecular formula is C10H14O2. The van der Waals surface area contributed by atoms with Gasteiger partial charge >= 0.3 is 5.97 Å². The number of carboxylic acid groups (broad SMARTS) is 1. The standard InChI is InChI=1S/C10H14O2/c1-6-3-4-10(2)7(5-6)8(10)9(11)12/h3,7-8H,4-5H2,1-2H3,(H,11,12)/t7-,8+,10-/m0/s1. The van der Waals surface area contributed by atoms with Crippen LogP contribution in [0.5, 0.6) is 0 Å². The molecule has 2 heteroatoms. The highest BCUT2D eigenvalue weighted by atomic mass is 16.4. The van der Waals surface area contributed by atoms with Crippen LogP contribution in [0.2, 0.25) is 0 Å². The summed E-state index contributed by atoms with van der Waals surface area (Å²) >= 11 is 0. The van der Waals surface area contributed by atoms with Gasteiger partial charge in [-0.1, -0.05) is 18.6 Å². The van der Waals surface area contributed by atoms with Gasteiger partial charge in [-0.05, 0) is 31.1 Å². The van der Waals surface area contributed by atoms with Gasteiger partial charge in [0.1, 0.15) is 0 Å². The summed E-state index contributed by atoms with van der Waals surface area (Å²) in [6, 6.07) is 0. The van der Waals surface area contributed by atoms with Crippen molar-refractivity contribution >= 4 is 5.97 Å². The van der Waals surface area contributed by atoms with Crippen LogP contribution in [0, 0.1) is 17.3 Å². The lowest BCUT2D eigenvalue weighted by Crippen LogP contribution is -2.06. The van der Waals surface area contributed by atoms with Crippen molar-refractivity contribution in [1.82, 2.24) is 0 Å². The molecule has 2 aliphatic rings. The van der Waals surface area contributed by atoms with Crippen molar-refractivity contribution in [1.29, 1.82) is 0 Å². The van der Waals surface area contributed by atoms with E-state index < -0.39 is 5.97 Å². The number of fused-ring (bicyclic) bond motifs is 1. The number of rotatable bonds is 1. The highest BCUT2D eigenvalue weighted by Gasteiger charge is 2.64. The summed E-state index contributed by atoms with van der Waals surface area (Å²) in [5, 5.41) is 8.91. The maximum atomic E-state index is 10.8. The van der Waals surface area contributed by atoms with Crippen molar-refractivity contribution < 1.29 is 9.90 Å². The third kappa shape index (κ3) is 0.838. The van der Waals surface area contributed by atoms with Crippen LogP contribution in [-0.4, -0.2) is 11.1 Å². The molecule has 66 valence electrons. The van der Waals surface area contributed by atoms with Crippen LogP contribution >= 0.6 is 0 Å². The zero-order chi connectivity index (χ0) is 8.93. The Hall–Kier alpha value is -0.790. The molecule has 0 heterocycles. The second kappa shape index (κ2) is 2.12. The van der Waals surface area contributed by atoms with Crippen LogP contribution in [0.15, 0.2) is 11.6 Å². The predicted molar refractivity (Wildman–Crippen MR) is 45.7 cm³/mol. The molecular weight excluding hydrogens is 152 g/mol. The molecule has 1 N–H and O–H groups in total. The fourth-order valence-corrected chi connectivity index (χ4v) is 2.57. The summed E-state index contributed by atoms with van der Waals surface area (Å²) in [6.45, 7) is 4.19. The normalized spacial score (nSPS) is 44.7. The Morgan fingerprint density at radius 3 is 2.92 bits per heavy atom. The number of hydrogen-bond acceptors (Lipinski definition) is 1. The third-order valence-electron chi connectivity index (χ3n) is 3.55.